The van der Waals surface area contributed by atoms with Gasteiger partial charge >= 0.3 is 6.03 Å². The highest BCUT2D eigenvalue weighted by Crippen LogP contribution is 2.17. The fraction of sp³-hybridized carbons (Fsp3) is 0.429. The number of nitrogens with one attached hydrogen (secondary N) is 3. The molecule has 1 rings (SSSR count). The molecule has 0 aliphatic rings. The van der Waals surface area contributed by atoms with Gasteiger partial charge in [0.2, 0.25) is 5.91 Å². The number of aryl methyl sites for hydroxylation is 1. The van der Waals surface area contributed by atoms with Gasteiger partial charge in [0.1, 0.15) is 0 Å². The predicted octanol–water partition coefficient (Wildman–Crippen LogP) is 1.49. The van der Waals surface area contributed by atoms with Crippen molar-refractivity contribution in [3.8, 4) is 0 Å². The summed E-state index contributed by atoms with van der Waals surface area (Å²) in [5.74, 6) is -0.347. The Balaban J connectivity index is 2.62. The van der Waals surface area contributed by atoms with E-state index in [1.807, 2.05) is 38.1 Å². The fourth-order valence-electron chi connectivity index (χ4n) is 1.90. The van der Waals surface area contributed by atoms with Crippen molar-refractivity contribution in [1.29, 1.82) is 0 Å². The van der Waals surface area contributed by atoms with Crippen molar-refractivity contribution >= 4 is 11.9 Å². The van der Waals surface area contributed by atoms with Crippen LogP contribution in [0, 0.1) is 6.92 Å². The van der Waals surface area contributed by atoms with E-state index in [0.717, 1.165) is 5.56 Å². The van der Waals surface area contributed by atoms with Crippen LogP contribution in [0.15, 0.2) is 24.3 Å². The van der Waals surface area contributed by atoms with Crippen LogP contribution < -0.4 is 16.0 Å². The zero-order chi connectivity index (χ0) is 14.4. The summed E-state index contributed by atoms with van der Waals surface area (Å²) in [7, 11) is 1.47. The molecule has 0 saturated heterocycles. The molecule has 0 aromatic heterocycles. The normalized spacial score (nSPS) is 13.5. The molecule has 104 valence electrons. The second kappa shape index (κ2) is 6.89. The Morgan fingerprint density at radius 3 is 2.37 bits per heavy atom. The van der Waals surface area contributed by atoms with Gasteiger partial charge in [0, 0.05) is 13.1 Å². The lowest BCUT2D eigenvalue weighted by molar-refractivity contribution is -0.121. The minimum Gasteiger partial charge on any atom is -0.341 e. The second-order valence-corrected chi connectivity index (χ2v) is 4.54. The summed E-state index contributed by atoms with van der Waals surface area (Å²) in [6.07, 6.45) is 0. The molecule has 0 radical (unpaired) electrons. The number of carbonyl (C=O) groups excluding carboxylic acids is 2. The molecule has 1 aromatic carbocycles. The van der Waals surface area contributed by atoms with Crippen LogP contribution in [0.3, 0.4) is 0 Å². The van der Waals surface area contributed by atoms with Crippen molar-refractivity contribution in [1.82, 2.24) is 16.0 Å². The Bertz CT molecular complexity index is 460. The Morgan fingerprint density at radius 2 is 1.79 bits per heavy atom. The van der Waals surface area contributed by atoms with Crippen LogP contribution in [0.1, 0.15) is 31.0 Å². The zero-order valence-electron chi connectivity index (χ0n) is 11.8. The van der Waals surface area contributed by atoms with Crippen molar-refractivity contribution in [2.75, 3.05) is 7.05 Å². The summed E-state index contributed by atoms with van der Waals surface area (Å²) in [6, 6.07) is 7.09. The summed E-state index contributed by atoms with van der Waals surface area (Å²) >= 11 is 0. The number of hydrogen-bond acceptors (Lipinski definition) is 3. The lowest BCUT2D eigenvalue weighted by atomic mass is 10.0. The molecule has 0 aliphatic heterocycles. The molecule has 0 fully saturated rings. The van der Waals surface area contributed by atoms with Crippen LogP contribution >= 0.6 is 0 Å². The zero-order valence-corrected chi connectivity index (χ0v) is 11.8. The number of imide groups is 1. The molecule has 3 amide bonds. The molecular weight excluding hydrogens is 242 g/mol. The van der Waals surface area contributed by atoms with E-state index in [-0.39, 0.29) is 11.9 Å². The SMILES string of the molecule is CNC(=O)NC(=O)C(C)N[C@H](C)c1ccccc1C. The van der Waals surface area contributed by atoms with Crippen LogP contribution in [0.25, 0.3) is 0 Å². The average molecular weight is 263 g/mol. The lowest BCUT2D eigenvalue weighted by Crippen LogP contribution is -2.47. The fourth-order valence-corrected chi connectivity index (χ4v) is 1.90. The van der Waals surface area contributed by atoms with Crippen LogP contribution in [0.2, 0.25) is 0 Å². The highest BCUT2D eigenvalue weighted by Gasteiger charge is 2.18. The number of carbonyl (C=O) groups is 2. The predicted molar refractivity (Wildman–Crippen MR) is 74.8 cm³/mol. The molecule has 0 bridgehead atoms. The Morgan fingerprint density at radius 1 is 1.16 bits per heavy atom. The third-order valence-electron chi connectivity index (χ3n) is 3.01. The maximum Gasteiger partial charge on any atom is 0.321 e. The van der Waals surface area contributed by atoms with Gasteiger partial charge in [-0.05, 0) is 31.9 Å². The molecule has 0 spiro atoms. The van der Waals surface area contributed by atoms with E-state index in [4.69, 9.17) is 0 Å². The van der Waals surface area contributed by atoms with Crippen LogP contribution in [-0.2, 0) is 4.79 Å². The van der Waals surface area contributed by atoms with E-state index in [0.29, 0.717) is 0 Å². The van der Waals surface area contributed by atoms with Gasteiger partial charge in [-0.15, -0.1) is 0 Å². The van der Waals surface area contributed by atoms with E-state index in [9.17, 15) is 9.59 Å². The largest absolute Gasteiger partial charge is 0.341 e. The van der Waals surface area contributed by atoms with Gasteiger partial charge in [-0.1, -0.05) is 24.3 Å². The van der Waals surface area contributed by atoms with Crippen molar-refractivity contribution in [2.24, 2.45) is 0 Å². The molecular formula is C14H21N3O2. The maximum atomic E-state index is 11.7. The summed E-state index contributed by atoms with van der Waals surface area (Å²) in [5, 5.41) is 7.77. The standard InChI is InChI=1S/C14H21N3O2/c1-9-7-5-6-8-12(9)10(2)16-11(3)13(18)17-14(19)15-4/h5-8,10-11,16H,1-4H3,(H2,15,17,18,19)/t10-,11?/m1/s1. The number of urea groups is 1. The number of amides is 3. The van der Waals surface area contributed by atoms with E-state index >= 15 is 0 Å². The number of hydrogen-bond donors (Lipinski definition) is 3. The van der Waals surface area contributed by atoms with E-state index in [1.54, 1.807) is 6.92 Å². The molecule has 0 saturated carbocycles. The molecule has 1 unspecified atom stereocenters. The minimum absolute atomic E-state index is 0.0339. The van der Waals surface area contributed by atoms with Crippen molar-refractivity contribution < 1.29 is 9.59 Å². The molecule has 0 heterocycles. The first-order valence-corrected chi connectivity index (χ1v) is 6.29. The Hall–Kier alpha value is -1.88. The topological polar surface area (TPSA) is 70.2 Å². The van der Waals surface area contributed by atoms with Gasteiger partial charge in [0.15, 0.2) is 0 Å². The van der Waals surface area contributed by atoms with Crippen molar-refractivity contribution in [2.45, 2.75) is 32.9 Å². The van der Waals surface area contributed by atoms with Crippen molar-refractivity contribution in [3.63, 3.8) is 0 Å². The van der Waals surface area contributed by atoms with Gasteiger partial charge in [-0.2, -0.15) is 0 Å². The van der Waals surface area contributed by atoms with Gasteiger partial charge < -0.3 is 5.32 Å². The molecule has 1 aromatic rings. The Labute approximate surface area is 113 Å². The molecule has 2 atom stereocenters. The third-order valence-corrected chi connectivity index (χ3v) is 3.01. The first-order chi connectivity index (χ1) is 8.95. The Kier molecular flexibility index (Phi) is 5.51. The molecule has 5 heteroatoms. The number of benzene rings is 1. The average Bonchev–Trinajstić information content (AvgIpc) is 2.38. The van der Waals surface area contributed by atoms with Gasteiger partial charge in [-0.3, -0.25) is 15.4 Å². The molecule has 3 N–H and O–H groups in total. The monoisotopic (exact) mass is 263 g/mol. The smallest absolute Gasteiger partial charge is 0.321 e. The molecule has 5 nitrogen and oxygen atoms in total. The molecule has 0 aliphatic carbocycles. The van der Waals surface area contributed by atoms with Crippen LogP contribution in [0.4, 0.5) is 4.79 Å². The minimum atomic E-state index is -0.498. The highest BCUT2D eigenvalue weighted by molar-refractivity contribution is 5.96. The third kappa shape index (κ3) is 4.37. The first kappa shape index (κ1) is 15.2. The van der Waals surface area contributed by atoms with Crippen molar-refractivity contribution in [3.05, 3.63) is 35.4 Å². The van der Waals surface area contributed by atoms with Crippen LogP contribution in [-0.4, -0.2) is 25.0 Å². The van der Waals surface area contributed by atoms with E-state index < -0.39 is 12.1 Å². The second-order valence-electron chi connectivity index (χ2n) is 4.54. The van der Waals surface area contributed by atoms with Gasteiger partial charge in [0.25, 0.3) is 0 Å². The summed E-state index contributed by atoms with van der Waals surface area (Å²) < 4.78 is 0. The molecule has 19 heavy (non-hydrogen) atoms. The summed E-state index contributed by atoms with van der Waals surface area (Å²) in [4.78, 5) is 22.8. The summed E-state index contributed by atoms with van der Waals surface area (Å²) in [6.45, 7) is 5.75. The quantitative estimate of drug-likeness (QED) is 0.771. The van der Waals surface area contributed by atoms with Gasteiger partial charge in [-0.25, -0.2) is 4.79 Å². The first-order valence-electron chi connectivity index (χ1n) is 6.29. The van der Waals surface area contributed by atoms with Gasteiger partial charge in [0.05, 0.1) is 6.04 Å². The van der Waals surface area contributed by atoms with E-state index in [1.165, 1.54) is 12.6 Å². The lowest BCUT2D eigenvalue weighted by Gasteiger charge is -2.21. The number of rotatable bonds is 4. The van der Waals surface area contributed by atoms with E-state index in [2.05, 4.69) is 16.0 Å². The highest BCUT2D eigenvalue weighted by atomic mass is 16.2. The van der Waals surface area contributed by atoms with Crippen LogP contribution in [0.5, 0.6) is 0 Å². The summed E-state index contributed by atoms with van der Waals surface area (Å²) in [5.41, 5.74) is 2.31. The maximum absolute atomic E-state index is 11.7.